The number of rotatable bonds is 9. The largest absolute Gasteiger partial charge is 0.473 e. The van der Waals surface area contributed by atoms with Gasteiger partial charge in [-0.2, -0.15) is 4.31 Å². The van der Waals surface area contributed by atoms with Gasteiger partial charge >= 0.3 is 0 Å². The molecule has 3 N–H and O–H groups in total. The third kappa shape index (κ3) is 6.30. The molecular formula is C24H25F2N3O6S2. The van der Waals surface area contributed by atoms with E-state index < -0.39 is 46.4 Å². The van der Waals surface area contributed by atoms with E-state index in [1.54, 1.807) is 0 Å². The molecule has 0 radical (unpaired) electrons. The lowest BCUT2D eigenvalue weighted by atomic mass is 10.1. The Morgan fingerprint density at radius 2 is 1.84 bits per heavy atom. The van der Waals surface area contributed by atoms with E-state index in [0.29, 0.717) is 19.2 Å². The normalized spacial score (nSPS) is 16.2. The Morgan fingerprint density at radius 3 is 2.49 bits per heavy atom. The molecule has 37 heavy (non-hydrogen) atoms. The number of benzene rings is 2. The van der Waals surface area contributed by atoms with Crippen molar-refractivity contribution in [3.63, 3.8) is 0 Å². The van der Waals surface area contributed by atoms with Gasteiger partial charge in [-0.1, -0.05) is 18.6 Å². The summed E-state index contributed by atoms with van der Waals surface area (Å²) in [7, 11) is -3.71. The number of hydrogen-bond donors (Lipinski definition) is 3. The first-order valence-electron chi connectivity index (χ1n) is 11.5. The molecule has 2 unspecified atom stereocenters. The lowest BCUT2D eigenvalue weighted by molar-refractivity contribution is -0.123. The van der Waals surface area contributed by atoms with Crippen molar-refractivity contribution < 1.29 is 36.9 Å². The molecule has 198 valence electrons. The van der Waals surface area contributed by atoms with Crippen molar-refractivity contribution >= 4 is 32.4 Å². The van der Waals surface area contributed by atoms with Gasteiger partial charge in [-0.05, 0) is 37.1 Å². The average Bonchev–Trinajstić information content (AvgIpc) is 3.36. The van der Waals surface area contributed by atoms with Gasteiger partial charge in [0.1, 0.15) is 11.9 Å². The number of ether oxygens (including phenoxy) is 1. The van der Waals surface area contributed by atoms with Crippen LogP contribution >= 0.6 is 11.3 Å². The van der Waals surface area contributed by atoms with Crippen molar-refractivity contribution in [3.05, 3.63) is 70.7 Å². The van der Waals surface area contributed by atoms with Gasteiger partial charge in [-0.3, -0.25) is 10.1 Å². The number of halogens is 2. The fourth-order valence-electron chi connectivity index (χ4n) is 3.80. The van der Waals surface area contributed by atoms with E-state index >= 15 is 0 Å². The SMILES string of the molecule is O=C(Nc1nc(C(O)CO)cs1)C(Oc1ccc(F)cc1F)c1ccc(S(=O)(=O)N2CCCCC2)cc1. The lowest BCUT2D eigenvalue weighted by Gasteiger charge is -2.26. The second kappa shape index (κ2) is 11.6. The number of carbonyl (C=O) groups excluding carboxylic acids is 1. The van der Waals surface area contributed by atoms with E-state index in [1.165, 1.54) is 34.0 Å². The molecule has 2 atom stereocenters. The zero-order chi connectivity index (χ0) is 26.6. The molecule has 0 aliphatic carbocycles. The van der Waals surface area contributed by atoms with Crippen LogP contribution in [-0.4, -0.2) is 53.5 Å². The number of sulfonamides is 1. The lowest BCUT2D eigenvalue weighted by Crippen LogP contribution is -2.35. The van der Waals surface area contributed by atoms with Gasteiger partial charge in [0.05, 0.1) is 17.2 Å². The molecule has 1 aromatic heterocycles. The zero-order valence-corrected chi connectivity index (χ0v) is 21.1. The van der Waals surface area contributed by atoms with Crippen molar-refractivity contribution in [2.24, 2.45) is 0 Å². The molecule has 0 spiro atoms. The minimum atomic E-state index is -3.71. The highest BCUT2D eigenvalue weighted by molar-refractivity contribution is 7.89. The van der Waals surface area contributed by atoms with Crippen LogP contribution in [0.1, 0.15) is 42.7 Å². The maximum Gasteiger partial charge on any atom is 0.271 e. The number of aliphatic hydroxyl groups excluding tert-OH is 2. The topological polar surface area (TPSA) is 129 Å². The molecule has 1 fully saturated rings. The number of piperidine rings is 1. The summed E-state index contributed by atoms with van der Waals surface area (Å²) in [5.74, 6) is -3.00. The summed E-state index contributed by atoms with van der Waals surface area (Å²) in [5.41, 5.74) is 0.364. The van der Waals surface area contributed by atoms with Gasteiger partial charge < -0.3 is 14.9 Å². The van der Waals surface area contributed by atoms with Crippen LogP contribution in [0.15, 0.2) is 52.7 Å². The number of hydrogen-bond acceptors (Lipinski definition) is 8. The number of aromatic nitrogens is 1. The van der Waals surface area contributed by atoms with Crippen molar-refractivity contribution in [3.8, 4) is 5.75 Å². The van der Waals surface area contributed by atoms with Gasteiger partial charge in [-0.15, -0.1) is 11.3 Å². The fraction of sp³-hybridized carbons (Fsp3) is 0.333. The highest BCUT2D eigenvalue weighted by Crippen LogP contribution is 2.29. The first kappa shape index (κ1) is 27.1. The van der Waals surface area contributed by atoms with E-state index in [2.05, 4.69) is 10.3 Å². The minimum absolute atomic E-state index is 0.0489. The molecular weight excluding hydrogens is 528 g/mol. The molecule has 0 bridgehead atoms. The summed E-state index contributed by atoms with van der Waals surface area (Å²) in [4.78, 5) is 17.3. The van der Waals surface area contributed by atoms with Crippen LogP contribution in [0.3, 0.4) is 0 Å². The Bertz CT molecular complexity index is 1340. The van der Waals surface area contributed by atoms with Crippen molar-refractivity contribution in [1.82, 2.24) is 9.29 Å². The molecule has 1 saturated heterocycles. The Hall–Kier alpha value is -2.97. The van der Waals surface area contributed by atoms with Crippen LogP contribution < -0.4 is 10.1 Å². The molecule has 1 amide bonds. The Labute approximate surface area is 216 Å². The number of nitrogens with one attached hydrogen (secondary N) is 1. The number of carbonyl (C=O) groups is 1. The van der Waals surface area contributed by atoms with Crippen LogP contribution in [-0.2, 0) is 14.8 Å². The molecule has 1 aliphatic heterocycles. The molecule has 13 heteroatoms. The van der Waals surface area contributed by atoms with Crippen molar-refractivity contribution in [2.45, 2.75) is 36.4 Å². The van der Waals surface area contributed by atoms with Gasteiger partial charge in [0.15, 0.2) is 16.7 Å². The van der Waals surface area contributed by atoms with Crippen LogP contribution in [0, 0.1) is 11.6 Å². The highest BCUT2D eigenvalue weighted by atomic mass is 32.2. The van der Waals surface area contributed by atoms with Gasteiger partial charge in [0, 0.05) is 30.1 Å². The Balaban J connectivity index is 1.61. The van der Waals surface area contributed by atoms with Gasteiger partial charge in [0.25, 0.3) is 5.91 Å². The number of aliphatic hydroxyl groups is 2. The second-order valence-electron chi connectivity index (χ2n) is 8.37. The molecule has 0 saturated carbocycles. The average molecular weight is 554 g/mol. The predicted octanol–water partition coefficient (Wildman–Crippen LogP) is 3.38. The van der Waals surface area contributed by atoms with E-state index in [1.807, 2.05) is 0 Å². The van der Waals surface area contributed by atoms with E-state index in [-0.39, 0.29) is 27.0 Å². The summed E-state index contributed by atoms with van der Waals surface area (Å²) in [6.45, 7) is 0.311. The molecule has 2 heterocycles. The van der Waals surface area contributed by atoms with E-state index in [9.17, 15) is 27.1 Å². The summed E-state index contributed by atoms with van der Waals surface area (Å²) < 4.78 is 60.7. The van der Waals surface area contributed by atoms with E-state index in [0.717, 1.165) is 42.7 Å². The van der Waals surface area contributed by atoms with Crippen LogP contribution in [0.25, 0.3) is 0 Å². The van der Waals surface area contributed by atoms with Crippen LogP contribution in [0.2, 0.25) is 0 Å². The number of thiazole rings is 1. The predicted molar refractivity (Wildman–Crippen MR) is 132 cm³/mol. The van der Waals surface area contributed by atoms with Crippen molar-refractivity contribution in [2.75, 3.05) is 25.0 Å². The zero-order valence-electron chi connectivity index (χ0n) is 19.5. The quantitative estimate of drug-likeness (QED) is 0.371. The molecule has 9 nitrogen and oxygen atoms in total. The summed E-state index contributed by atoms with van der Waals surface area (Å²) in [5, 5.41) is 22.9. The molecule has 2 aromatic carbocycles. The summed E-state index contributed by atoms with van der Waals surface area (Å²) >= 11 is 0.989. The monoisotopic (exact) mass is 553 g/mol. The second-order valence-corrected chi connectivity index (χ2v) is 11.2. The Kier molecular flexibility index (Phi) is 8.49. The first-order chi connectivity index (χ1) is 17.7. The van der Waals surface area contributed by atoms with E-state index in [4.69, 9.17) is 9.84 Å². The fourth-order valence-corrected chi connectivity index (χ4v) is 6.08. The number of amides is 1. The highest BCUT2D eigenvalue weighted by Gasteiger charge is 2.29. The van der Waals surface area contributed by atoms with Crippen molar-refractivity contribution in [1.29, 1.82) is 0 Å². The standard InChI is InChI=1S/C24H25F2N3O6S2/c25-16-6-9-21(18(26)12-16)35-22(23(32)28-24-27-19(14-36-24)20(31)13-30)15-4-7-17(8-5-15)37(33,34)29-10-2-1-3-11-29/h4-9,12,14,20,22,30-31H,1-3,10-11,13H2,(H,27,28,32). The maximum absolute atomic E-state index is 14.3. The van der Waals surface area contributed by atoms with Crippen LogP contribution in [0.5, 0.6) is 5.75 Å². The third-order valence-corrected chi connectivity index (χ3v) is 8.47. The molecule has 4 rings (SSSR count). The maximum atomic E-state index is 14.3. The first-order valence-corrected chi connectivity index (χ1v) is 13.8. The number of nitrogens with zero attached hydrogens (tertiary/aromatic N) is 2. The minimum Gasteiger partial charge on any atom is -0.473 e. The number of anilines is 1. The smallest absolute Gasteiger partial charge is 0.271 e. The molecule has 1 aliphatic rings. The van der Waals surface area contributed by atoms with Gasteiger partial charge in [-0.25, -0.2) is 22.2 Å². The third-order valence-electron chi connectivity index (χ3n) is 5.78. The van der Waals surface area contributed by atoms with Gasteiger partial charge in [0.2, 0.25) is 16.1 Å². The Morgan fingerprint density at radius 1 is 1.14 bits per heavy atom. The molecule has 3 aromatic rings. The summed E-state index contributed by atoms with van der Waals surface area (Å²) in [6.07, 6.45) is -0.147. The van der Waals surface area contributed by atoms with Crippen LogP contribution in [0.4, 0.5) is 13.9 Å². The summed E-state index contributed by atoms with van der Waals surface area (Å²) in [6, 6.07) is 8.12.